The summed E-state index contributed by atoms with van der Waals surface area (Å²) in [6, 6.07) is 5.53. The second kappa shape index (κ2) is 9.93. The van der Waals surface area contributed by atoms with Gasteiger partial charge >= 0.3 is 51.4 Å². The molecule has 0 aliphatic heterocycles. The van der Waals surface area contributed by atoms with Crippen molar-refractivity contribution in [2.45, 2.75) is 27.2 Å². The van der Waals surface area contributed by atoms with E-state index in [1.165, 1.54) is 0 Å². The molecule has 1 rings (SSSR count). The molecule has 0 saturated carbocycles. The van der Waals surface area contributed by atoms with Gasteiger partial charge in [0.2, 0.25) is 0 Å². The van der Waals surface area contributed by atoms with Crippen LogP contribution in [0, 0.1) is 0 Å². The Kier molecular flexibility index (Phi) is 11.9. The van der Waals surface area contributed by atoms with Crippen molar-refractivity contribution in [3.8, 4) is 5.75 Å². The fourth-order valence-electron chi connectivity index (χ4n) is 1.04. The number of benzene rings is 1. The van der Waals surface area contributed by atoms with Gasteiger partial charge in [0, 0.05) is 0 Å². The molecule has 72 valence electrons. The summed E-state index contributed by atoms with van der Waals surface area (Å²) >= 11 is 0. The van der Waals surface area contributed by atoms with Gasteiger partial charge in [-0.2, -0.15) is 0 Å². The topological polar surface area (TPSA) is 23.1 Å². The third-order valence-corrected chi connectivity index (χ3v) is 1.73. The quantitative estimate of drug-likeness (QED) is 0.638. The van der Waals surface area contributed by atoms with Gasteiger partial charge in [0.25, 0.3) is 0 Å². The van der Waals surface area contributed by atoms with Crippen LogP contribution in [-0.2, 0) is 6.42 Å². The van der Waals surface area contributed by atoms with Crippen molar-refractivity contribution in [1.82, 2.24) is 0 Å². The molecule has 1 aromatic rings. The van der Waals surface area contributed by atoms with E-state index >= 15 is 0 Å². The van der Waals surface area contributed by atoms with Crippen LogP contribution in [0.2, 0.25) is 0 Å². The van der Waals surface area contributed by atoms with Crippen LogP contribution in [0.4, 0.5) is 0 Å². The average Bonchev–Trinajstić information content (AvgIpc) is 2.21. The maximum absolute atomic E-state index is 11.4. The van der Waals surface area contributed by atoms with Gasteiger partial charge in [-0.15, -0.1) is 0 Å². The van der Waals surface area contributed by atoms with Crippen LogP contribution in [0.5, 0.6) is 5.75 Å². The molecule has 0 N–H and O–H groups in total. The number of hydrogen-bond acceptors (Lipinski definition) is 1. The molecule has 0 bridgehead atoms. The largest absolute Gasteiger partial charge is 1.00 e. The van der Waals surface area contributed by atoms with Crippen molar-refractivity contribution in [3.63, 3.8) is 0 Å². The summed E-state index contributed by atoms with van der Waals surface area (Å²) in [4.78, 5) is 0. The summed E-state index contributed by atoms with van der Waals surface area (Å²) in [7, 11) is 0. The summed E-state index contributed by atoms with van der Waals surface area (Å²) in [6.45, 7) is 9.54. The number of para-hydroxylation sites is 1. The molecule has 0 atom stereocenters. The third-order valence-electron chi connectivity index (χ3n) is 1.73. The molecular formula is C12H17KO. The molecule has 0 heterocycles. The summed E-state index contributed by atoms with van der Waals surface area (Å²) < 4.78 is 0. The molecule has 0 aromatic heterocycles. The molecule has 2 heteroatoms. The molecule has 0 aliphatic carbocycles. The second-order valence-electron chi connectivity index (χ2n) is 2.39. The van der Waals surface area contributed by atoms with Crippen LogP contribution < -0.4 is 56.5 Å². The minimum Gasteiger partial charge on any atom is -0.872 e. The Labute approximate surface area is 130 Å². The van der Waals surface area contributed by atoms with Gasteiger partial charge in [0.1, 0.15) is 0 Å². The molecule has 0 amide bonds. The van der Waals surface area contributed by atoms with Gasteiger partial charge in [0.05, 0.1) is 0 Å². The zero-order chi connectivity index (χ0) is 10.3. The molecule has 14 heavy (non-hydrogen) atoms. The van der Waals surface area contributed by atoms with E-state index in [-0.39, 0.29) is 57.1 Å². The van der Waals surface area contributed by atoms with E-state index in [9.17, 15) is 5.11 Å². The van der Waals surface area contributed by atoms with E-state index in [0.29, 0.717) is 5.56 Å². The molecule has 0 spiro atoms. The Bertz CT molecular complexity index is 269. The summed E-state index contributed by atoms with van der Waals surface area (Å²) in [5.74, 6) is 0.116. The van der Waals surface area contributed by atoms with Crippen LogP contribution in [-0.4, -0.2) is 0 Å². The number of hydrogen-bond donors (Lipinski definition) is 0. The van der Waals surface area contributed by atoms with Crippen molar-refractivity contribution in [1.29, 1.82) is 0 Å². The van der Waals surface area contributed by atoms with E-state index in [0.717, 1.165) is 12.0 Å². The fraction of sp³-hybridized carbons (Fsp3) is 0.333. The Balaban J connectivity index is 0. The predicted octanol–water partition coefficient (Wildman–Crippen LogP) is -0.00420. The molecular weight excluding hydrogens is 199 g/mol. The van der Waals surface area contributed by atoms with Gasteiger partial charge < -0.3 is 5.11 Å². The fourth-order valence-corrected chi connectivity index (χ4v) is 1.04. The third kappa shape index (κ3) is 4.76. The molecule has 0 fully saturated rings. The minimum atomic E-state index is 0. The Morgan fingerprint density at radius 1 is 1.36 bits per heavy atom. The SMILES string of the molecule is C=Cc1cccc(CC)c1[O-].CC.[K+]. The number of rotatable bonds is 2. The maximum Gasteiger partial charge on any atom is 1.00 e. The normalized spacial score (nSPS) is 7.93. The zero-order valence-corrected chi connectivity index (χ0v) is 12.8. The monoisotopic (exact) mass is 216 g/mol. The summed E-state index contributed by atoms with van der Waals surface area (Å²) in [5, 5.41) is 11.4. The average molecular weight is 216 g/mol. The van der Waals surface area contributed by atoms with E-state index in [4.69, 9.17) is 0 Å². The van der Waals surface area contributed by atoms with Crippen molar-refractivity contribution < 1.29 is 56.5 Å². The first-order chi connectivity index (χ1) is 6.29. The van der Waals surface area contributed by atoms with Gasteiger partial charge in [-0.1, -0.05) is 62.9 Å². The molecule has 0 radical (unpaired) electrons. The first kappa shape index (κ1) is 16.8. The zero-order valence-electron chi connectivity index (χ0n) is 9.63. The predicted molar refractivity (Wildman–Crippen MR) is 56.7 cm³/mol. The molecule has 1 nitrogen and oxygen atoms in total. The van der Waals surface area contributed by atoms with E-state index in [1.54, 1.807) is 12.1 Å². The Hall–Kier alpha value is 0.396. The van der Waals surface area contributed by atoms with Crippen molar-refractivity contribution in [2.75, 3.05) is 0 Å². The van der Waals surface area contributed by atoms with Crippen LogP contribution in [0.3, 0.4) is 0 Å². The van der Waals surface area contributed by atoms with Crippen LogP contribution in [0.15, 0.2) is 24.8 Å². The van der Waals surface area contributed by atoms with Crippen molar-refractivity contribution in [2.24, 2.45) is 0 Å². The smallest absolute Gasteiger partial charge is 0.872 e. The molecule has 1 aromatic carbocycles. The van der Waals surface area contributed by atoms with Gasteiger partial charge in [-0.3, -0.25) is 0 Å². The second-order valence-corrected chi connectivity index (χ2v) is 2.39. The van der Waals surface area contributed by atoms with Crippen LogP contribution in [0.25, 0.3) is 6.08 Å². The van der Waals surface area contributed by atoms with Crippen LogP contribution >= 0.6 is 0 Å². The van der Waals surface area contributed by atoms with Gasteiger partial charge in [0.15, 0.2) is 0 Å². The van der Waals surface area contributed by atoms with E-state index in [1.807, 2.05) is 32.9 Å². The summed E-state index contributed by atoms with van der Waals surface area (Å²) in [6.07, 6.45) is 2.39. The first-order valence-electron chi connectivity index (χ1n) is 4.71. The standard InChI is InChI=1S/C10H12O.C2H6.K/c1-3-8-6-5-7-9(4-2)10(8)11;1-2;/h3,5-7,11H,1,4H2,2H3;1-2H3;/q;;+1/p-1. The number of aryl methyl sites for hydroxylation is 1. The van der Waals surface area contributed by atoms with Gasteiger partial charge in [-0.25, -0.2) is 0 Å². The molecule has 0 saturated heterocycles. The van der Waals surface area contributed by atoms with E-state index < -0.39 is 0 Å². The van der Waals surface area contributed by atoms with Crippen molar-refractivity contribution in [3.05, 3.63) is 35.9 Å². The first-order valence-corrected chi connectivity index (χ1v) is 4.71. The Morgan fingerprint density at radius 3 is 2.36 bits per heavy atom. The van der Waals surface area contributed by atoms with Crippen LogP contribution in [0.1, 0.15) is 31.9 Å². The Morgan fingerprint density at radius 2 is 1.93 bits per heavy atom. The molecule has 0 aliphatic rings. The maximum atomic E-state index is 11.4. The van der Waals surface area contributed by atoms with E-state index in [2.05, 4.69) is 6.58 Å². The summed E-state index contributed by atoms with van der Waals surface area (Å²) in [5.41, 5.74) is 1.56. The minimum absolute atomic E-state index is 0. The van der Waals surface area contributed by atoms with Gasteiger partial charge in [-0.05, 0) is 12.0 Å². The van der Waals surface area contributed by atoms with Crippen molar-refractivity contribution >= 4 is 6.08 Å². The molecule has 0 unspecified atom stereocenters.